The van der Waals surface area contributed by atoms with Crippen LogP contribution in [0.2, 0.25) is 0 Å². The number of ether oxygens (including phenoxy) is 1. The third-order valence-electron chi connectivity index (χ3n) is 6.23. The average Bonchev–Trinajstić information content (AvgIpc) is 3.31. The van der Waals surface area contributed by atoms with Crippen molar-refractivity contribution in [2.75, 3.05) is 26.5 Å². The van der Waals surface area contributed by atoms with Gasteiger partial charge in [0.25, 0.3) is 5.56 Å². The molecule has 0 spiro atoms. The van der Waals surface area contributed by atoms with Gasteiger partial charge in [-0.05, 0) is 55.0 Å². The number of likely N-dealkylation sites (N-methyl/N-ethyl adjacent to an activating group) is 1. The van der Waals surface area contributed by atoms with Gasteiger partial charge >= 0.3 is 12.2 Å². The molecule has 0 radical (unpaired) electrons. The lowest BCUT2D eigenvalue weighted by Crippen LogP contribution is -2.44. The van der Waals surface area contributed by atoms with Crippen molar-refractivity contribution in [2.45, 2.75) is 45.7 Å². The molecular weight excluding hydrogens is 546 g/mol. The number of anilines is 1. The van der Waals surface area contributed by atoms with E-state index in [1.165, 1.54) is 40.1 Å². The highest BCUT2D eigenvalue weighted by Crippen LogP contribution is 2.21. The molecule has 14 heteroatoms. The monoisotopic (exact) mass is 581 g/mol. The summed E-state index contributed by atoms with van der Waals surface area (Å²) in [5.74, 6) is -0.532. The second kappa shape index (κ2) is 14.1. The second-order valence-corrected chi connectivity index (χ2v) is 10.1. The normalized spacial score (nSPS) is 12.0. The summed E-state index contributed by atoms with van der Waals surface area (Å²) in [6.45, 7) is 3.87. The van der Waals surface area contributed by atoms with E-state index in [0.29, 0.717) is 17.9 Å². The molecule has 0 aliphatic heterocycles. The Hall–Kier alpha value is -5.01. The number of imidazole rings is 1. The second-order valence-electron chi connectivity index (χ2n) is 10.1. The van der Waals surface area contributed by atoms with E-state index in [1.54, 1.807) is 26.2 Å². The minimum absolute atomic E-state index is 0.0797. The quantitative estimate of drug-likeness (QED) is 0.287. The first kappa shape index (κ1) is 31.5. The molecule has 0 aliphatic rings. The zero-order chi connectivity index (χ0) is 31.0. The molecule has 0 saturated heterocycles. The van der Waals surface area contributed by atoms with Crippen molar-refractivity contribution in [3.63, 3.8) is 0 Å². The summed E-state index contributed by atoms with van der Waals surface area (Å²) < 4.78 is 6.78. The highest BCUT2D eigenvalue weighted by Gasteiger charge is 2.23. The summed E-state index contributed by atoms with van der Waals surface area (Å²) in [7, 11) is 4.36. The van der Waals surface area contributed by atoms with E-state index < -0.39 is 29.7 Å². The Labute approximate surface area is 242 Å². The van der Waals surface area contributed by atoms with Crippen LogP contribution < -0.4 is 16.2 Å². The van der Waals surface area contributed by atoms with Gasteiger partial charge in [-0.25, -0.2) is 24.1 Å². The van der Waals surface area contributed by atoms with Gasteiger partial charge in [0.2, 0.25) is 11.8 Å². The molecule has 3 amide bonds. The number of carbonyl (C=O) groups is 4. The lowest BCUT2D eigenvalue weighted by molar-refractivity contribution is -0.123. The SMILES string of the molecule is COC(=O)N[C@@H](CC/C=C/C(=O)N(C)C)C(=O)Nc1cccn(Cc2nc3c(CC(C)C)ccnc3n2C(=O)O)c1=O. The number of fused-ring (bicyclic) bond motifs is 1. The van der Waals surface area contributed by atoms with E-state index in [4.69, 9.17) is 0 Å². The Morgan fingerprint density at radius 1 is 1.19 bits per heavy atom. The summed E-state index contributed by atoms with van der Waals surface area (Å²) in [4.78, 5) is 72.3. The summed E-state index contributed by atoms with van der Waals surface area (Å²) in [6.07, 6.45) is 4.84. The molecule has 3 N–H and O–H groups in total. The van der Waals surface area contributed by atoms with Crippen LogP contribution >= 0.6 is 0 Å². The molecule has 3 rings (SSSR count). The first-order valence-corrected chi connectivity index (χ1v) is 13.2. The maximum atomic E-state index is 13.3. The summed E-state index contributed by atoms with van der Waals surface area (Å²) >= 11 is 0. The Morgan fingerprint density at radius 3 is 2.57 bits per heavy atom. The van der Waals surface area contributed by atoms with E-state index in [9.17, 15) is 29.1 Å². The van der Waals surface area contributed by atoms with Gasteiger partial charge in [-0.1, -0.05) is 19.9 Å². The molecule has 0 aromatic carbocycles. The number of allylic oxidation sites excluding steroid dienone is 1. The van der Waals surface area contributed by atoms with Gasteiger partial charge < -0.3 is 29.9 Å². The third-order valence-corrected chi connectivity index (χ3v) is 6.23. The average molecular weight is 582 g/mol. The van der Waals surface area contributed by atoms with Crippen LogP contribution in [0.15, 0.2) is 47.5 Å². The number of methoxy groups -OCH3 is 1. The van der Waals surface area contributed by atoms with Crippen LogP contribution in [0.25, 0.3) is 11.2 Å². The molecule has 1 atom stereocenters. The van der Waals surface area contributed by atoms with E-state index in [2.05, 4.69) is 25.3 Å². The van der Waals surface area contributed by atoms with E-state index in [-0.39, 0.29) is 42.5 Å². The van der Waals surface area contributed by atoms with Gasteiger partial charge in [-0.3, -0.25) is 14.4 Å². The van der Waals surface area contributed by atoms with Crippen molar-refractivity contribution < 1.29 is 29.0 Å². The topological polar surface area (TPSA) is 178 Å². The molecule has 42 heavy (non-hydrogen) atoms. The lowest BCUT2D eigenvalue weighted by atomic mass is 10.0. The van der Waals surface area contributed by atoms with Crippen molar-refractivity contribution in [1.82, 2.24) is 29.3 Å². The Morgan fingerprint density at radius 2 is 1.93 bits per heavy atom. The number of alkyl carbamates (subject to hydrolysis) is 1. The van der Waals surface area contributed by atoms with Gasteiger partial charge in [0.15, 0.2) is 5.65 Å². The largest absolute Gasteiger partial charge is 0.464 e. The molecule has 0 unspecified atom stereocenters. The number of carbonyl (C=O) groups excluding carboxylic acids is 3. The highest BCUT2D eigenvalue weighted by atomic mass is 16.5. The molecule has 0 bridgehead atoms. The number of amides is 3. The van der Waals surface area contributed by atoms with Crippen molar-refractivity contribution in [3.8, 4) is 0 Å². The zero-order valence-electron chi connectivity index (χ0n) is 24.2. The van der Waals surface area contributed by atoms with Crippen LogP contribution in [0.3, 0.4) is 0 Å². The number of hydrogen-bond acceptors (Lipinski definition) is 8. The van der Waals surface area contributed by atoms with Crippen LogP contribution in [-0.2, 0) is 27.3 Å². The Balaban J connectivity index is 1.86. The van der Waals surface area contributed by atoms with Crippen LogP contribution in [0.4, 0.5) is 15.3 Å². The zero-order valence-corrected chi connectivity index (χ0v) is 24.2. The number of nitrogens with one attached hydrogen (secondary N) is 2. The number of pyridine rings is 2. The molecule has 0 saturated carbocycles. The number of rotatable bonds is 11. The molecule has 3 aromatic rings. The summed E-state index contributed by atoms with van der Waals surface area (Å²) in [6, 6.07) is 3.63. The fourth-order valence-corrected chi connectivity index (χ4v) is 4.17. The van der Waals surface area contributed by atoms with Crippen LogP contribution in [-0.4, -0.2) is 80.4 Å². The van der Waals surface area contributed by atoms with Crippen molar-refractivity contribution in [3.05, 3.63) is 64.5 Å². The van der Waals surface area contributed by atoms with Gasteiger partial charge in [-0.15, -0.1) is 0 Å². The molecule has 3 heterocycles. The van der Waals surface area contributed by atoms with E-state index in [0.717, 1.165) is 17.2 Å². The molecule has 224 valence electrons. The molecule has 0 aliphatic carbocycles. The smallest absolute Gasteiger partial charge is 0.418 e. The van der Waals surface area contributed by atoms with Crippen molar-refractivity contribution in [2.24, 2.45) is 5.92 Å². The number of nitrogens with zero attached hydrogens (tertiary/aromatic N) is 5. The molecule has 3 aromatic heterocycles. The number of carboxylic acid groups (broad SMARTS) is 1. The summed E-state index contributed by atoms with van der Waals surface area (Å²) in [5.41, 5.74) is 0.757. The molecular formula is C28H35N7O7. The van der Waals surface area contributed by atoms with E-state index in [1.807, 2.05) is 13.8 Å². The fourth-order valence-electron chi connectivity index (χ4n) is 4.17. The Kier molecular flexibility index (Phi) is 10.5. The van der Waals surface area contributed by atoms with Gasteiger partial charge in [-0.2, -0.15) is 0 Å². The van der Waals surface area contributed by atoms with Crippen molar-refractivity contribution >= 4 is 40.9 Å². The number of aromatic nitrogens is 4. The first-order chi connectivity index (χ1) is 19.9. The van der Waals surface area contributed by atoms with Gasteiger partial charge in [0.1, 0.15) is 23.1 Å². The summed E-state index contributed by atoms with van der Waals surface area (Å²) in [5, 5.41) is 14.9. The molecule has 14 nitrogen and oxygen atoms in total. The van der Waals surface area contributed by atoms with Crippen LogP contribution in [0.5, 0.6) is 0 Å². The highest BCUT2D eigenvalue weighted by molar-refractivity contribution is 5.96. The third kappa shape index (κ3) is 7.80. The van der Waals surface area contributed by atoms with Crippen LogP contribution in [0.1, 0.15) is 38.1 Å². The van der Waals surface area contributed by atoms with Crippen LogP contribution in [0, 0.1) is 5.92 Å². The maximum Gasteiger partial charge on any atom is 0.418 e. The van der Waals surface area contributed by atoms with Gasteiger partial charge in [0, 0.05) is 26.5 Å². The fraction of sp³-hybridized carbons (Fsp3) is 0.393. The predicted molar refractivity (Wildman–Crippen MR) is 154 cm³/mol. The predicted octanol–water partition coefficient (Wildman–Crippen LogP) is 2.45. The van der Waals surface area contributed by atoms with E-state index >= 15 is 0 Å². The lowest BCUT2D eigenvalue weighted by Gasteiger charge is -2.17. The maximum absolute atomic E-state index is 13.3. The minimum Gasteiger partial charge on any atom is -0.464 e. The minimum atomic E-state index is -1.29. The molecule has 0 fully saturated rings. The van der Waals surface area contributed by atoms with Crippen molar-refractivity contribution in [1.29, 1.82) is 0 Å². The standard InChI is InChI=1S/C28H35N7O7/c1-17(2)15-18-12-13-29-24-23(18)32-21(35(24)28(40)41)16-34-14-8-10-20(26(34)38)30-25(37)19(31-27(39)42-5)9-6-7-11-22(36)33(3)4/h7-8,10-14,17,19H,6,9,15-16H2,1-5H3,(H,30,37)(H,31,39)(H,40,41)/b11-7+/t19-/m0/s1. The van der Waals surface area contributed by atoms with Gasteiger partial charge in [0.05, 0.1) is 13.7 Å². The number of hydrogen-bond donors (Lipinski definition) is 3. The first-order valence-electron chi connectivity index (χ1n) is 13.2. The Bertz CT molecular complexity index is 1560.